The minimum absolute atomic E-state index is 0.537. The molecule has 0 fully saturated rings. The molecule has 0 saturated carbocycles. The second kappa shape index (κ2) is 7.88. The number of aryl methyl sites for hydroxylation is 1. The topological polar surface area (TPSA) is 89.2 Å². The van der Waals surface area contributed by atoms with E-state index in [1.807, 2.05) is 24.5 Å². The van der Waals surface area contributed by atoms with Crippen molar-refractivity contribution in [2.24, 2.45) is 0 Å². The molecule has 0 unspecified atom stereocenters. The van der Waals surface area contributed by atoms with Gasteiger partial charge in [0.25, 0.3) is 0 Å². The second-order valence-electron chi connectivity index (χ2n) is 7.15. The Kier molecular flexibility index (Phi) is 5.07. The predicted octanol–water partition coefficient (Wildman–Crippen LogP) is 4.80. The average molecular weight is 530 g/mol. The molecule has 0 aliphatic carbocycles. The molecule has 3 N–H and O–H groups in total. The Bertz CT molecular complexity index is 1240. The Balaban J connectivity index is 1.54. The molecule has 0 amide bonds. The summed E-state index contributed by atoms with van der Waals surface area (Å²) in [5.74, 6) is 1.81. The van der Waals surface area contributed by atoms with Gasteiger partial charge in [-0.1, -0.05) is 11.3 Å². The molecule has 0 radical (unpaired) electrons. The monoisotopic (exact) mass is 530 g/mol. The van der Waals surface area contributed by atoms with E-state index < -0.39 is 0 Å². The Morgan fingerprint density at radius 3 is 2.97 bits per heavy atom. The third-order valence-corrected chi connectivity index (χ3v) is 6.48. The van der Waals surface area contributed by atoms with E-state index in [9.17, 15) is 0 Å². The number of ether oxygens (including phenoxy) is 1. The summed E-state index contributed by atoms with van der Waals surface area (Å²) in [5, 5.41) is 0.537. The molecule has 4 heterocycles. The zero-order valence-electron chi connectivity index (χ0n) is 16.2. The maximum absolute atomic E-state index is 6.13. The lowest BCUT2D eigenvalue weighted by molar-refractivity contribution is 0.329. The number of nitrogen functional groups attached to an aromatic ring is 1. The largest absolute Gasteiger partial charge is 0.491 e. The van der Waals surface area contributed by atoms with Gasteiger partial charge in [0.1, 0.15) is 28.5 Å². The first kappa shape index (κ1) is 19.3. The molecule has 152 valence electrons. The lowest BCUT2D eigenvalue weighted by Crippen LogP contribution is -2.25. The molecule has 0 atom stereocenters. The Morgan fingerprint density at radius 2 is 2.10 bits per heavy atom. The van der Waals surface area contributed by atoms with Crippen LogP contribution in [0.2, 0.25) is 0 Å². The molecule has 5 rings (SSSR count). The van der Waals surface area contributed by atoms with Gasteiger partial charge in [0.2, 0.25) is 0 Å². The van der Waals surface area contributed by atoms with Crippen LogP contribution in [0.4, 0.5) is 16.6 Å². The minimum atomic E-state index is 0.537. The summed E-state index contributed by atoms with van der Waals surface area (Å²) in [6.45, 7) is 4.29. The number of benzene rings is 1. The van der Waals surface area contributed by atoms with Crippen LogP contribution in [0.15, 0.2) is 42.7 Å². The predicted molar refractivity (Wildman–Crippen MR) is 130 cm³/mol. The smallest absolute Gasteiger partial charge is 0.182 e. The van der Waals surface area contributed by atoms with Gasteiger partial charge in [-0.2, -0.15) is 0 Å². The molecule has 3 aromatic heterocycles. The fourth-order valence-electron chi connectivity index (χ4n) is 3.77. The van der Waals surface area contributed by atoms with Gasteiger partial charge in [0.15, 0.2) is 5.13 Å². The summed E-state index contributed by atoms with van der Waals surface area (Å²) in [5.41, 5.74) is 12.2. The fourth-order valence-corrected chi connectivity index (χ4v) is 4.72. The normalized spacial score (nSPS) is 13.6. The Labute approximate surface area is 191 Å². The molecule has 30 heavy (non-hydrogen) atoms. The number of nitrogens with one attached hydrogen (secondary N) is 1. The fraction of sp³-hybridized carbons (Fsp3) is 0.190. The zero-order chi connectivity index (χ0) is 20.7. The number of nitrogens with zero attached hydrogens (tertiary/aromatic N) is 4. The van der Waals surface area contributed by atoms with Crippen LogP contribution in [-0.2, 0) is 6.54 Å². The summed E-state index contributed by atoms with van der Waals surface area (Å²) < 4.78 is 9.21. The highest BCUT2D eigenvalue weighted by atomic mass is 127. The van der Waals surface area contributed by atoms with Gasteiger partial charge in [-0.15, -0.1) is 0 Å². The van der Waals surface area contributed by atoms with Crippen molar-refractivity contribution < 1.29 is 4.74 Å². The lowest BCUT2D eigenvalue weighted by Gasteiger charge is -2.22. The SMILES string of the molecule is Cc1cc(-c2cnc3sc(N)nc3c2)cc2c1OCCN(c1ccnc(NI)c1)C2. The highest BCUT2D eigenvalue weighted by Gasteiger charge is 2.19. The van der Waals surface area contributed by atoms with Crippen molar-refractivity contribution in [3.8, 4) is 16.9 Å². The quantitative estimate of drug-likeness (QED) is 0.291. The van der Waals surface area contributed by atoms with Gasteiger partial charge in [-0.05, 0) is 42.3 Å². The van der Waals surface area contributed by atoms with Crippen LogP contribution in [0.1, 0.15) is 11.1 Å². The van der Waals surface area contributed by atoms with E-state index in [1.54, 1.807) is 0 Å². The van der Waals surface area contributed by atoms with Crippen LogP contribution in [0.3, 0.4) is 0 Å². The van der Waals surface area contributed by atoms with E-state index in [0.717, 1.165) is 62.9 Å². The first-order valence-corrected chi connectivity index (χ1v) is 11.4. The maximum atomic E-state index is 6.13. The third kappa shape index (κ3) is 3.63. The van der Waals surface area contributed by atoms with Crippen molar-refractivity contribution in [1.82, 2.24) is 15.0 Å². The molecule has 7 nitrogen and oxygen atoms in total. The lowest BCUT2D eigenvalue weighted by atomic mass is 9.99. The summed E-state index contributed by atoms with van der Waals surface area (Å²) >= 11 is 3.50. The number of hydrogen-bond donors (Lipinski definition) is 2. The molecule has 9 heteroatoms. The van der Waals surface area contributed by atoms with E-state index in [0.29, 0.717) is 11.7 Å². The van der Waals surface area contributed by atoms with Gasteiger partial charge in [0.05, 0.1) is 29.4 Å². The van der Waals surface area contributed by atoms with E-state index in [-0.39, 0.29) is 0 Å². The van der Waals surface area contributed by atoms with Crippen LogP contribution in [-0.4, -0.2) is 28.1 Å². The summed E-state index contributed by atoms with van der Waals surface area (Å²) in [6.07, 6.45) is 3.71. The molecular formula is C21H19IN6OS. The van der Waals surface area contributed by atoms with Gasteiger partial charge in [-0.25, -0.2) is 15.0 Å². The highest BCUT2D eigenvalue weighted by Crippen LogP contribution is 2.35. The van der Waals surface area contributed by atoms with Crippen molar-refractivity contribution in [1.29, 1.82) is 0 Å². The molecule has 0 spiro atoms. The summed E-state index contributed by atoms with van der Waals surface area (Å²) in [4.78, 5) is 16.4. The van der Waals surface area contributed by atoms with E-state index in [4.69, 9.17) is 10.5 Å². The maximum Gasteiger partial charge on any atom is 0.182 e. The van der Waals surface area contributed by atoms with Crippen molar-refractivity contribution in [3.63, 3.8) is 0 Å². The zero-order valence-corrected chi connectivity index (χ0v) is 19.2. The minimum Gasteiger partial charge on any atom is -0.491 e. The number of pyridine rings is 2. The molecule has 1 aliphatic rings. The summed E-state index contributed by atoms with van der Waals surface area (Å²) in [6, 6.07) is 10.5. The number of hydrogen-bond acceptors (Lipinski definition) is 8. The first-order chi connectivity index (χ1) is 14.6. The second-order valence-corrected chi connectivity index (χ2v) is 8.69. The Hall–Kier alpha value is -2.66. The van der Waals surface area contributed by atoms with Crippen molar-refractivity contribution in [3.05, 3.63) is 53.9 Å². The molecular weight excluding hydrogens is 511 g/mol. The van der Waals surface area contributed by atoms with Gasteiger partial charge in [-0.3, -0.25) is 0 Å². The van der Waals surface area contributed by atoms with Gasteiger partial charge in [0, 0.05) is 41.8 Å². The highest BCUT2D eigenvalue weighted by molar-refractivity contribution is 14.1. The van der Waals surface area contributed by atoms with Crippen LogP contribution in [0.25, 0.3) is 21.5 Å². The number of halogens is 1. The van der Waals surface area contributed by atoms with Crippen LogP contribution in [0, 0.1) is 6.92 Å². The average Bonchev–Trinajstić information content (AvgIpc) is 2.99. The van der Waals surface area contributed by atoms with E-state index in [2.05, 4.69) is 71.4 Å². The summed E-state index contributed by atoms with van der Waals surface area (Å²) in [7, 11) is 0. The number of nitrogens with two attached hydrogens (primary N) is 1. The number of anilines is 3. The standard InChI is InChI=1S/C21H19IN6OS/c1-12-6-13(14-8-17-20(25-10-14)30-21(23)26-17)7-15-11-28(4-5-29-19(12)15)16-2-3-24-18(9-16)27-22/h2-3,6-10H,4-5,11H2,1H3,(H2,23,26)(H,24,27). The van der Waals surface area contributed by atoms with Crippen LogP contribution in [0.5, 0.6) is 5.75 Å². The first-order valence-electron chi connectivity index (χ1n) is 9.47. The van der Waals surface area contributed by atoms with E-state index >= 15 is 0 Å². The molecule has 0 bridgehead atoms. The van der Waals surface area contributed by atoms with Crippen LogP contribution < -0.4 is 18.9 Å². The third-order valence-electron chi connectivity index (χ3n) is 5.12. The molecule has 0 saturated heterocycles. The van der Waals surface area contributed by atoms with Gasteiger partial charge >= 0.3 is 0 Å². The number of aromatic nitrogens is 3. The van der Waals surface area contributed by atoms with Crippen molar-refractivity contribution in [2.75, 3.05) is 27.3 Å². The van der Waals surface area contributed by atoms with Crippen LogP contribution >= 0.6 is 34.2 Å². The number of thiazole rings is 1. The Morgan fingerprint density at radius 1 is 1.20 bits per heavy atom. The molecule has 1 aromatic carbocycles. The van der Waals surface area contributed by atoms with Gasteiger partial charge < -0.3 is 18.9 Å². The molecule has 1 aliphatic heterocycles. The molecule has 4 aromatic rings. The number of fused-ring (bicyclic) bond motifs is 2. The number of rotatable bonds is 3. The van der Waals surface area contributed by atoms with E-state index in [1.165, 1.54) is 11.3 Å². The van der Waals surface area contributed by atoms with Crippen molar-refractivity contribution in [2.45, 2.75) is 13.5 Å². The van der Waals surface area contributed by atoms with Crippen molar-refractivity contribution >= 4 is 61.2 Å².